The Morgan fingerprint density at radius 3 is 2.81 bits per heavy atom. The summed E-state index contributed by atoms with van der Waals surface area (Å²) < 4.78 is 44.1. The molecule has 3 aromatic rings. The van der Waals surface area contributed by atoms with Crippen molar-refractivity contribution >= 4 is 50.6 Å². The quantitative estimate of drug-likeness (QED) is 0.602. The molecule has 0 amide bonds. The number of nitrogens with zero attached hydrogens (tertiary/aromatic N) is 2. The molecule has 5 nitrogen and oxygen atoms in total. The summed E-state index contributed by atoms with van der Waals surface area (Å²) in [7, 11) is 0. The highest BCUT2D eigenvalue weighted by atomic mass is 35.5. The number of carbonyl (C=O) groups excluding carboxylic acids is 1. The Morgan fingerprint density at radius 1 is 1.35 bits per heavy atom. The highest BCUT2D eigenvalue weighted by Crippen LogP contribution is 2.37. The third-order valence-electron chi connectivity index (χ3n) is 3.40. The van der Waals surface area contributed by atoms with Crippen molar-refractivity contribution in [3.05, 3.63) is 46.1 Å². The van der Waals surface area contributed by atoms with E-state index < -0.39 is 22.7 Å². The summed E-state index contributed by atoms with van der Waals surface area (Å²) in [5, 5.41) is 4.36. The molecule has 0 saturated heterocycles. The third-order valence-corrected chi connectivity index (χ3v) is 4.62. The van der Waals surface area contributed by atoms with Crippen molar-refractivity contribution in [3.8, 4) is 0 Å². The summed E-state index contributed by atoms with van der Waals surface area (Å²) in [6.07, 6.45) is -3.33. The lowest BCUT2D eigenvalue weighted by molar-refractivity contribution is -0.137. The fourth-order valence-electron chi connectivity index (χ4n) is 2.29. The van der Waals surface area contributed by atoms with Gasteiger partial charge in [-0.05, 0) is 25.1 Å². The van der Waals surface area contributed by atoms with E-state index in [2.05, 4.69) is 15.3 Å². The molecule has 0 saturated carbocycles. The van der Waals surface area contributed by atoms with Crippen LogP contribution in [0.1, 0.15) is 22.8 Å². The summed E-state index contributed by atoms with van der Waals surface area (Å²) in [6.45, 7) is 1.87. The molecule has 0 bridgehead atoms. The zero-order chi connectivity index (χ0) is 18.9. The minimum Gasteiger partial charge on any atom is -0.462 e. The minimum atomic E-state index is -4.59. The van der Waals surface area contributed by atoms with Gasteiger partial charge in [0.05, 0.1) is 28.1 Å². The molecule has 3 rings (SSSR count). The molecule has 0 spiro atoms. The standard InChI is InChI=1S/C16H11ClF3N3O2S/c1-2-25-15(24)9-6-26-14-12(9)13(21-7-22-14)23-8-3-4-11(17)10(5-8)16(18,19)20/h3-7H,2H2,1H3,(H,21,22,23). The number of benzene rings is 1. The van der Waals surface area contributed by atoms with E-state index >= 15 is 0 Å². The molecule has 2 aromatic heterocycles. The minimum absolute atomic E-state index is 0.128. The first-order valence-corrected chi connectivity index (χ1v) is 8.60. The lowest BCUT2D eigenvalue weighted by Gasteiger charge is -2.12. The van der Waals surface area contributed by atoms with Gasteiger partial charge in [-0.2, -0.15) is 13.2 Å². The second kappa shape index (κ2) is 7.08. The molecule has 0 aliphatic heterocycles. The Kier molecular flexibility index (Phi) is 5.01. The van der Waals surface area contributed by atoms with Gasteiger partial charge in [-0.1, -0.05) is 11.6 Å². The zero-order valence-corrected chi connectivity index (χ0v) is 14.8. The molecule has 1 aromatic carbocycles. The van der Waals surface area contributed by atoms with E-state index in [4.69, 9.17) is 16.3 Å². The maximum Gasteiger partial charge on any atom is 0.417 e. The van der Waals surface area contributed by atoms with Gasteiger partial charge in [0, 0.05) is 11.1 Å². The lowest BCUT2D eigenvalue weighted by Crippen LogP contribution is -2.07. The number of alkyl halides is 3. The first kappa shape index (κ1) is 18.4. The van der Waals surface area contributed by atoms with Crippen LogP contribution in [0.15, 0.2) is 29.9 Å². The monoisotopic (exact) mass is 401 g/mol. The molecule has 0 aliphatic rings. The fourth-order valence-corrected chi connectivity index (χ4v) is 3.39. The molecular weight excluding hydrogens is 391 g/mol. The predicted octanol–water partition coefficient (Wildman–Crippen LogP) is 5.28. The SMILES string of the molecule is CCOC(=O)c1csc2ncnc(Nc3ccc(Cl)c(C(F)(F)F)c3)c12. The molecule has 136 valence electrons. The van der Waals surface area contributed by atoms with E-state index in [1.807, 2.05) is 0 Å². The second-order valence-electron chi connectivity index (χ2n) is 5.09. The van der Waals surface area contributed by atoms with Crippen molar-refractivity contribution in [1.82, 2.24) is 9.97 Å². The summed E-state index contributed by atoms with van der Waals surface area (Å²) in [6, 6.07) is 3.42. The molecule has 10 heteroatoms. The van der Waals surface area contributed by atoms with Crippen molar-refractivity contribution < 1.29 is 22.7 Å². The largest absolute Gasteiger partial charge is 0.462 e. The number of rotatable bonds is 4. The van der Waals surface area contributed by atoms with Crippen LogP contribution < -0.4 is 5.32 Å². The number of hydrogen-bond donors (Lipinski definition) is 1. The maximum atomic E-state index is 13.0. The van der Waals surface area contributed by atoms with E-state index in [0.717, 1.165) is 12.1 Å². The number of carbonyl (C=O) groups is 1. The van der Waals surface area contributed by atoms with E-state index in [9.17, 15) is 18.0 Å². The molecule has 0 fully saturated rings. The van der Waals surface area contributed by atoms with Crippen LogP contribution in [0.5, 0.6) is 0 Å². The van der Waals surface area contributed by atoms with E-state index in [-0.39, 0.29) is 23.7 Å². The topological polar surface area (TPSA) is 64.1 Å². The summed E-state index contributed by atoms with van der Waals surface area (Å²) >= 11 is 6.84. The van der Waals surface area contributed by atoms with Crippen LogP contribution in [0, 0.1) is 0 Å². The molecular formula is C16H11ClF3N3O2S. The first-order chi connectivity index (χ1) is 12.3. The Hall–Kier alpha value is -2.39. The molecule has 2 heterocycles. The van der Waals surface area contributed by atoms with Gasteiger partial charge in [-0.25, -0.2) is 14.8 Å². The van der Waals surface area contributed by atoms with Crippen LogP contribution in [0.25, 0.3) is 10.2 Å². The van der Waals surface area contributed by atoms with Crippen LogP contribution >= 0.6 is 22.9 Å². The van der Waals surface area contributed by atoms with Crippen molar-refractivity contribution in [1.29, 1.82) is 0 Å². The molecule has 1 N–H and O–H groups in total. The van der Waals surface area contributed by atoms with Gasteiger partial charge in [-0.15, -0.1) is 11.3 Å². The normalized spacial score (nSPS) is 11.6. The van der Waals surface area contributed by atoms with Gasteiger partial charge in [0.15, 0.2) is 0 Å². The number of fused-ring (bicyclic) bond motifs is 1. The van der Waals surface area contributed by atoms with Crippen LogP contribution in [0.4, 0.5) is 24.7 Å². The molecule has 0 atom stereocenters. The van der Waals surface area contributed by atoms with Crippen LogP contribution in [-0.4, -0.2) is 22.5 Å². The third kappa shape index (κ3) is 3.58. The highest BCUT2D eigenvalue weighted by molar-refractivity contribution is 7.17. The summed E-state index contributed by atoms with van der Waals surface area (Å²) in [5.41, 5.74) is -0.590. The maximum absolute atomic E-state index is 13.0. The number of esters is 1. The van der Waals surface area contributed by atoms with Gasteiger partial charge in [0.1, 0.15) is 17.0 Å². The highest BCUT2D eigenvalue weighted by Gasteiger charge is 2.33. The van der Waals surface area contributed by atoms with Gasteiger partial charge in [-0.3, -0.25) is 0 Å². The number of ether oxygens (including phenoxy) is 1. The molecule has 0 unspecified atom stereocenters. The van der Waals surface area contributed by atoms with Crippen molar-refractivity contribution in [2.75, 3.05) is 11.9 Å². The first-order valence-electron chi connectivity index (χ1n) is 7.34. The molecule has 0 radical (unpaired) electrons. The average molecular weight is 402 g/mol. The van der Waals surface area contributed by atoms with E-state index in [0.29, 0.717) is 10.2 Å². The molecule has 26 heavy (non-hydrogen) atoms. The Bertz CT molecular complexity index is 975. The summed E-state index contributed by atoms with van der Waals surface area (Å²) in [4.78, 5) is 20.7. The van der Waals surface area contributed by atoms with Crippen LogP contribution in [-0.2, 0) is 10.9 Å². The number of halogens is 4. The van der Waals surface area contributed by atoms with Crippen molar-refractivity contribution in [2.24, 2.45) is 0 Å². The van der Waals surface area contributed by atoms with Crippen molar-refractivity contribution in [2.45, 2.75) is 13.1 Å². The van der Waals surface area contributed by atoms with Gasteiger partial charge < -0.3 is 10.1 Å². The lowest BCUT2D eigenvalue weighted by atomic mass is 10.2. The Labute approximate surface area is 154 Å². The number of nitrogens with one attached hydrogen (secondary N) is 1. The molecule has 0 aliphatic carbocycles. The summed E-state index contributed by atoms with van der Waals surface area (Å²) in [5.74, 6) is -0.349. The van der Waals surface area contributed by atoms with Gasteiger partial charge in [0.25, 0.3) is 0 Å². The van der Waals surface area contributed by atoms with Gasteiger partial charge >= 0.3 is 12.1 Å². The second-order valence-corrected chi connectivity index (χ2v) is 6.35. The van der Waals surface area contributed by atoms with Crippen LogP contribution in [0.3, 0.4) is 0 Å². The number of thiophene rings is 1. The Balaban J connectivity index is 2.04. The number of anilines is 2. The average Bonchev–Trinajstić information content (AvgIpc) is 3.01. The fraction of sp³-hybridized carbons (Fsp3) is 0.188. The zero-order valence-electron chi connectivity index (χ0n) is 13.2. The van der Waals surface area contributed by atoms with Crippen molar-refractivity contribution in [3.63, 3.8) is 0 Å². The smallest absolute Gasteiger partial charge is 0.417 e. The number of hydrogen-bond acceptors (Lipinski definition) is 6. The van der Waals surface area contributed by atoms with E-state index in [1.54, 1.807) is 12.3 Å². The Morgan fingerprint density at radius 2 is 2.12 bits per heavy atom. The number of aromatic nitrogens is 2. The van der Waals surface area contributed by atoms with Gasteiger partial charge in [0.2, 0.25) is 0 Å². The van der Waals surface area contributed by atoms with E-state index in [1.165, 1.54) is 23.7 Å². The predicted molar refractivity (Wildman–Crippen MR) is 93.1 cm³/mol. The van der Waals surface area contributed by atoms with Crippen LogP contribution in [0.2, 0.25) is 5.02 Å².